The van der Waals surface area contributed by atoms with E-state index >= 15 is 0 Å². The first kappa shape index (κ1) is 15.9. The third-order valence-corrected chi connectivity index (χ3v) is 3.71. The summed E-state index contributed by atoms with van der Waals surface area (Å²) < 4.78 is 43.8. The monoisotopic (exact) mass is 363 g/mol. The lowest BCUT2D eigenvalue weighted by atomic mass is 10.1. The van der Waals surface area contributed by atoms with Crippen molar-refractivity contribution in [3.63, 3.8) is 0 Å². The van der Waals surface area contributed by atoms with Crippen molar-refractivity contribution in [3.05, 3.63) is 28.4 Å². The SMILES string of the molecule is CCCCOc1ccc2nc(C(F)(F)F)c(O)c(Br)c2c1. The van der Waals surface area contributed by atoms with Gasteiger partial charge in [-0.25, -0.2) is 4.98 Å². The Bertz CT molecular complexity index is 659. The Morgan fingerprint density at radius 1 is 1.33 bits per heavy atom. The number of aromatic hydroxyl groups is 1. The molecule has 0 aliphatic heterocycles. The van der Waals surface area contributed by atoms with Gasteiger partial charge in [0.1, 0.15) is 5.75 Å². The predicted octanol–water partition coefficient (Wildman–Crippen LogP) is 4.90. The van der Waals surface area contributed by atoms with E-state index in [-0.39, 0.29) is 9.99 Å². The highest BCUT2D eigenvalue weighted by molar-refractivity contribution is 9.10. The maximum absolute atomic E-state index is 12.8. The second-order valence-corrected chi connectivity index (χ2v) is 5.29. The van der Waals surface area contributed by atoms with Crippen molar-refractivity contribution in [2.24, 2.45) is 0 Å². The van der Waals surface area contributed by atoms with Crippen LogP contribution < -0.4 is 4.74 Å². The van der Waals surface area contributed by atoms with Gasteiger partial charge in [-0.05, 0) is 40.5 Å². The van der Waals surface area contributed by atoms with E-state index in [1.54, 1.807) is 12.1 Å². The fraction of sp³-hybridized carbons (Fsp3) is 0.357. The first-order valence-corrected chi connectivity index (χ1v) is 7.16. The average molecular weight is 364 g/mol. The van der Waals surface area contributed by atoms with E-state index in [2.05, 4.69) is 20.9 Å². The Morgan fingerprint density at radius 3 is 2.67 bits per heavy atom. The van der Waals surface area contributed by atoms with E-state index < -0.39 is 17.6 Å². The number of fused-ring (bicyclic) bond motifs is 1. The maximum Gasteiger partial charge on any atom is 0.437 e. The fourth-order valence-electron chi connectivity index (χ4n) is 1.82. The summed E-state index contributed by atoms with van der Waals surface area (Å²) in [5.74, 6) is -0.390. The molecule has 1 aromatic heterocycles. The third-order valence-electron chi connectivity index (χ3n) is 2.90. The molecule has 2 aromatic rings. The molecule has 0 aliphatic rings. The summed E-state index contributed by atoms with van der Waals surface area (Å²) in [7, 11) is 0. The van der Waals surface area contributed by atoms with Gasteiger partial charge in [0.25, 0.3) is 0 Å². The number of hydrogen-bond donors (Lipinski definition) is 1. The number of hydrogen-bond acceptors (Lipinski definition) is 3. The number of halogens is 4. The van der Waals surface area contributed by atoms with Crippen LogP contribution in [0.2, 0.25) is 0 Å². The Balaban J connectivity index is 2.47. The molecular weight excluding hydrogens is 351 g/mol. The highest BCUT2D eigenvalue weighted by Crippen LogP contribution is 2.42. The van der Waals surface area contributed by atoms with Gasteiger partial charge in [0.2, 0.25) is 0 Å². The summed E-state index contributed by atoms with van der Waals surface area (Å²) >= 11 is 2.99. The Morgan fingerprint density at radius 2 is 2.05 bits per heavy atom. The quantitative estimate of drug-likeness (QED) is 0.785. The molecule has 0 unspecified atom stereocenters. The van der Waals surface area contributed by atoms with Gasteiger partial charge in [-0.15, -0.1) is 0 Å². The number of aromatic nitrogens is 1. The number of rotatable bonds is 4. The van der Waals surface area contributed by atoms with Gasteiger partial charge < -0.3 is 9.84 Å². The molecule has 1 aromatic carbocycles. The fourth-order valence-corrected chi connectivity index (χ4v) is 2.32. The van der Waals surface area contributed by atoms with Crippen LogP contribution in [0.4, 0.5) is 13.2 Å². The van der Waals surface area contributed by atoms with Crippen LogP contribution >= 0.6 is 15.9 Å². The van der Waals surface area contributed by atoms with Crippen LogP contribution in [0.3, 0.4) is 0 Å². The van der Waals surface area contributed by atoms with E-state index in [9.17, 15) is 18.3 Å². The summed E-state index contributed by atoms with van der Waals surface area (Å²) in [6.07, 6.45) is -2.85. The molecule has 7 heteroatoms. The maximum atomic E-state index is 12.8. The second kappa shape index (κ2) is 6.09. The Kier molecular flexibility index (Phi) is 4.61. The zero-order valence-electron chi connectivity index (χ0n) is 11.2. The largest absolute Gasteiger partial charge is 0.505 e. The normalized spacial score (nSPS) is 11.9. The molecule has 0 bridgehead atoms. The standard InChI is InChI=1S/C14H13BrF3NO2/c1-2-3-6-21-8-4-5-10-9(7-8)11(15)12(20)13(19-10)14(16,17)18/h4-5,7,20H,2-3,6H2,1H3. The van der Waals surface area contributed by atoms with Crippen molar-refractivity contribution >= 4 is 26.8 Å². The summed E-state index contributed by atoms with van der Waals surface area (Å²) in [6.45, 7) is 2.56. The number of nitrogens with zero attached hydrogens (tertiary/aromatic N) is 1. The van der Waals surface area contributed by atoms with Crippen LogP contribution in [-0.4, -0.2) is 16.7 Å². The smallest absolute Gasteiger partial charge is 0.437 e. The second-order valence-electron chi connectivity index (χ2n) is 4.50. The highest BCUT2D eigenvalue weighted by atomic mass is 79.9. The molecule has 2 rings (SSSR count). The van der Waals surface area contributed by atoms with Crippen LogP contribution in [0.1, 0.15) is 25.5 Å². The van der Waals surface area contributed by atoms with Crippen molar-refractivity contribution < 1.29 is 23.0 Å². The number of unbranched alkanes of at least 4 members (excludes halogenated alkanes) is 1. The molecule has 0 spiro atoms. The number of benzene rings is 1. The molecule has 0 saturated heterocycles. The van der Waals surface area contributed by atoms with Crippen molar-refractivity contribution in [3.8, 4) is 11.5 Å². The highest BCUT2D eigenvalue weighted by Gasteiger charge is 2.37. The lowest BCUT2D eigenvalue weighted by Gasteiger charge is -2.12. The third kappa shape index (κ3) is 3.40. The van der Waals surface area contributed by atoms with Crippen LogP contribution in [0.5, 0.6) is 11.5 Å². The van der Waals surface area contributed by atoms with E-state index in [0.717, 1.165) is 12.8 Å². The molecule has 114 valence electrons. The van der Waals surface area contributed by atoms with Crippen LogP contribution in [0.25, 0.3) is 10.9 Å². The van der Waals surface area contributed by atoms with E-state index in [1.807, 2.05) is 6.92 Å². The summed E-state index contributed by atoms with van der Waals surface area (Å²) in [4.78, 5) is 3.48. The zero-order chi connectivity index (χ0) is 15.6. The van der Waals surface area contributed by atoms with Gasteiger partial charge >= 0.3 is 6.18 Å². The van der Waals surface area contributed by atoms with Gasteiger partial charge in [0.15, 0.2) is 11.4 Å². The molecule has 1 heterocycles. The topological polar surface area (TPSA) is 42.4 Å². The molecule has 0 atom stereocenters. The molecule has 21 heavy (non-hydrogen) atoms. The van der Waals surface area contributed by atoms with Crippen LogP contribution in [0.15, 0.2) is 22.7 Å². The number of ether oxygens (including phenoxy) is 1. The minimum Gasteiger partial charge on any atom is -0.505 e. The number of pyridine rings is 1. The van der Waals surface area contributed by atoms with Gasteiger partial charge in [0.05, 0.1) is 16.6 Å². The predicted molar refractivity (Wildman–Crippen MR) is 76.5 cm³/mol. The molecular formula is C14H13BrF3NO2. The summed E-state index contributed by atoms with van der Waals surface area (Å²) in [6, 6.07) is 4.56. The molecule has 0 amide bonds. The minimum absolute atomic E-state index is 0.0410. The lowest BCUT2D eigenvalue weighted by molar-refractivity contribution is -0.142. The zero-order valence-corrected chi connectivity index (χ0v) is 12.8. The first-order valence-electron chi connectivity index (χ1n) is 6.36. The van der Waals surface area contributed by atoms with Crippen LogP contribution in [-0.2, 0) is 6.18 Å². The van der Waals surface area contributed by atoms with E-state index in [0.29, 0.717) is 17.7 Å². The van der Waals surface area contributed by atoms with Gasteiger partial charge in [-0.2, -0.15) is 13.2 Å². The van der Waals surface area contributed by atoms with Crippen molar-refractivity contribution in [1.29, 1.82) is 0 Å². The number of alkyl halides is 3. The van der Waals surface area contributed by atoms with Crippen molar-refractivity contribution in [2.75, 3.05) is 6.61 Å². The average Bonchev–Trinajstić information content (AvgIpc) is 2.42. The minimum atomic E-state index is -4.71. The van der Waals surface area contributed by atoms with E-state index in [1.165, 1.54) is 6.07 Å². The molecule has 0 fully saturated rings. The molecule has 3 nitrogen and oxygen atoms in total. The lowest BCUT2D eigenvalue weighted by Crippen LogP contribution is -2.09. The van der Waals surface area contributed by atoms with Crippen molar-refractivity contribution in [1.82, 2.24) is 4.98 Å². The molecule has 0 aliphatic carbocycles. The molecule has 0 radical (unpaired) electrons. The van der Waals surface area contributed by atoms with Gasteiger partial charge in [-0.1, -0.05) is 13.3 Å². The van der Waals surface area contributed by atoms with Crippen LogP contribution in [0, 0.1) is 0 Å². The van der Waals surface area contributed by atoms with Gasteiger partial charge in [-0.3, -0.25) is 0 Å². The van der Waals surface area contributed by atoms with Gasteiger partial charge in [0, 0.05) is 5.39 Å². The van der Waals surface area contributed by atoms with E-state index in [4.69, 9.17) is 4.74 Å². The first-order chi connectivity index (χ1) is 9.84. The molecule has 1 N–H and O–H groups in total. The summed E-state index contributed by atoms with van der Waals surface area (Å²) in [5.41, 5.74) is -1.17. The Labute approximate surface area is 127 Å². The van der Waals surface area contributed by atoms with Crippen molar-refractivity contribution in [2.45, 2.75) is 25.9 Å². The Hall–Kier alpha value is -1.50. The summed E-state index contributed by atoms with van der Waals surface area (Å²) in [5, 5.41) is 10.0. The molecule has 0 saturated carbocycles.